The molecule has 0 saturated heterocycles. The van der Waals surface area contributed by atoms with E-state index in [-0.39, 0.29) is 5.92 Å². The smallest absolute Gasteiger partial charge is 0.127 e. The molecule has 0 spiro atoms. The highest BCUT2D eigenvalue weighted by Crippen LogP contribution is 2.37. The third-order valence-electron chi connectivity index (χ3n) is 2.16. The van der Waals surface area contributed by atoms with Gasteiger partial charge in [-0.05, 0) is 24.1 Å². The van der Waals surface area contributed by atoms with Crippen LogP contribution in [0.3, 0.4) is 0 Å². The number of benzene rings is 1. The molecule has 0 aromatic heterocycles. The Balaban J connectivity index is 2.15. The molecule has 1 aromatic carbocycles. The fourth-order valence-corrected chi connectivity index (χ4v) is 1.40. The lowest BCUT2D eigenvalue weighted by molar-refractivity contribution is -0.108. The van der Waals surface area contributed by atoms with Crippen molar-refractivity contribution in [2.75, 3.05) is 0 Å². The van der Waals surface area contributed by atoms with Crippen molar-refractivity contribution in [1.82, 2.24) is 0 Å². The van der Waals surface area contributed by atoms with E-state index in [0.29, 0.717) is 0 Å². The molecule has 0 aliphatic heterocycles. The fourth-order valence-electron chi connectivity index (χ4n) is 1.27. The van der Waals surface area contributed by atoms with Crippen LogP contribution in [0, 0.1) is 5.92 Å². The van der Waals surface area contributed by atoms with E-state index in [1.807, 2.05) is 24.3 Å². The van der Waals surface area contributed by atoms with Gasteiger partial charge in [0.15, 0.2) is 0 Å². The van der Waals surface area contributed by atoms with E-state index < -0.39 is 0 Å². The first-order chi connectivity index (χ1) is 6.29. The summed E-state index contributed by atoms with van der Waals surface area (Å²) in [4.78, 5) is 10.4. The second-order valence-corrected chi connectivity index (χ2v) is 3.65. The maximum absolute atomic E-state index is 10.4. The third-order valence-corrected chi connectivity index (χ3v) is 2.41. The van der Waals surface area contributed by atoms with Crippen molar-refractivity contribution in [1.29, 1.82) is 0 Å². The number of halogens is 1. The molecule has 0 amide bonds. The van der Waals surface area contributed by atoms with E-state index in [9.17, 15) is 4.79 Å². The van der Waals surface area contributed by atoms with Crippen molar-refractivity contribution in [3.05, 3.63) is 40.4 Å². The van der Waals surface area contributed by atoms with Crippen LogP contribution < -0.4 is 0 Å². The summed E-state index contributed by atoms with van der Waals surface area (Å²) in [5, 5.41) is 0.741. The molecule has 1 fully saturated rings. The molecule has 1 saturated carbocycles. The van der Waals surface area contributed by atoms with Crippen LogP contribution in [0.2, 0.25) is 5.02 Å². The molecule has 0 heterocycles. The molecule has 66 valence electrons. The molecule has 1 aliphatic carbocycles. The zero-order chi connectivity index (χ0) is 9.26. The van der Waals surface area contributed by atoms with Crippen molar-refractivity contribution in [3.8, 4) is 0 Å². The zero-order valence-electron chi connectivity index (χ0n) is 7.03. The predicted molar refractivity (Wildman–Crippen MR) is 53.6 cm³/mol. The highest BCUT2D eigenvalue weighted by molar-refractivity contribution is 6.30. The van der Waals surface area contributed by atoms with Crippen LogP contribution in [0.4, 0.5) is 0 Å². The Morgan fingerprint density at radius 3 is 2.54 bits per heavy atom. The van der Waals surface area contributed by atoms with Crippen molar-refractivity contribution < 1.29 is 4.79 Å². The minimum Gasteiger partial charge on any atom is -0.303 e. The van der Waals surface area contributed by atoms with Crippen molar-refractivity contribution in [2.45, 2.75) is 6.42 Å². The van der Waals surface area contributed by atoms with Gasteiger partial charge in [0.2, 0.25) is 0 Å². The molecule has 0 radical (unpaired) electrons. The average molecular weight is 193 g/mol. The standard InChI is InChI=1S/C11H9ClO/c12-11-3-1-8(2-4-11)5-9-6-10(9)7-13/h1-5,7,10H,6H2/b9-5-. The normalized spacial score (nSPS) is 23.2. The monoisotopic (exact) mass is 192 g/mol. The van der Waals surface area contributed by atoms with E-state index in [2.05, 4.69) is 6.08 Å². The van der Waals surface area contributed by atoms with Crippen LogP contribution >= 0.6 is 11.6 Å². The maximum atomic E-state index is 10.4. The SMILES string of the molecule is O=CC1C/C1=C/c1ccc(Cl)cc1. The Kier molecular flexibility index (Phi) is 2.19. The average Bonchev–Trinajstić information content (AvgIpc) is 2.88. The number of aldehydes is 1. The van der Waals surface area contributed by atoms with Gasteiger partial charge in [-0.2, -0.15) is 0 Å². The molecule has 13 heavy (non-hydrogen) atoms. The topological polar surface area (TPSA) is 17.1 Å². The van der Waals surface area contributed by atoms with Crippen LogP contribution in [0.25, 0.3) is 6.08 Å². The van der Waals surface area contributed by atoms with Gasteiger partial charge in [-0.15, -0.1) is 0 Å². The zero-order valence-corrected chi connectivity index (χ0v) is 7.79. The number of hydrogen-bond acceptors (Lipinski definition) is 1. The summed E-state index contributed by atoms with van der Waals surface area (Å²) in [6.07, 6.45) is 3.98. The number of hydrogen-bond donors (Lipinski definition) is 0. The first-order valence-corrected chi connectivity index (χ1v) is 4.59. The quantitative estimate of drug-likeness (QED) is 0.659. The van der Waals surface area contributed by atoms with Gasteiger partial charge in [-0.25, -0.2) is 0 Å². The van der Waals surface area contributed by atoms with Crippen LogP contribution in [0.1, 0.15) is 12.0 Å². The summed E-state index contributed by atoms with van der Waals surface area (Å²) in [6, 6.07) is 7.61. The Labute approximate surface area is 82.0 Å². The summed E-state index contributed by atoms with van der Waals surface area (Å²) in [7, 11) is 0. The number of carbonyl (C=O) groups is 1. The van der Waals surface area contributed by atoms with E-state index in [1.54, 1.807) is 0 Å². The lowest BCUT2D eigenvalue weighted by atomic mass is 10.2. The molecule has 1 nitrogen and oxygen atoms in total. The predicted octanol–water partition coefficient (Wildman–Crippen LogP) is 2.94. The van der Waals surface area contributed by atoms with Gasteiger partial charge in [0.05, 0.1) is 0 Å². The van der Waals surface area contributed by atoms with Crippen LogP contribution in [-0.2, 0) is 4.79 Å². The minimum atomic E-state index is 0.177. The molecule has 1 unspecified atom stereocenters. The van der Waals surface area contributed by atoms with Gasteiger partial charge in [0, 0.05) is 10.9 Å². The second kappa shape index (κ2) is 3.35. The summed E-state index contributed by atoms with van der Waals surface area (Å²) in [5.74, 6) is 0.177. The lowest BCUT2D eigenvalue weighted by Crippen LogP contribution is -1.73. The molecule has 0 bridgehead atoms. The molecule has 1 atom stereocenters. The van der Waals surface area contributed by atoms with E-state index in [1.165, 1.54) is 5.57 Å². The lowest BCUT2D eigenvalue weighted by Gasteiger charge is -1.91. The fraction of sp³-hybridized carbons (Fsp3) is 0.182. The number of rotatable bonds is 2. The maximum Gasteiger partial charge on any atom is 0.127 e. The van der Waals surface area contributed by atoms with Crippen LogP contribution in [-0.4, -0.2) is 6.29 Å². The first-order valence-electron chi connectivity index (χ1n) is 4.21. The Bertz CT molecular complexity index is 351. The van der Waals surface area contributed by atoms with Crippen molar-refractivity contribution in [2.24, 2.45) is 5.92 Å². The van der Waals surface area contributed by atoms with Gasteiger partial charge in [0.1, 0.15) is 6.29 Å². The Morgan fingerprint density at radius 2 is 2.00 bits per heavy atom. The Hall–Kier alpha value is -1.08. The van der Waals surface area contributed by atoms with E-state index >= 15 is 0 Å². The van der Waals surface area contributed by atoms with Crippen LogP contribution in [0.5, 0.6) is 0 Å². The van der Waals surface area contributed by atoms with Crippen LogP contribution in [0.15, 0.2) is 29.8 Å². The summed E-state index contributed by atoms with van der Waals surface area (Å²) in [6.45, 7) is 0. The van der Waals surface area contributed by atoms with Crippen molar-refractivity contribution >= 4 is 24.0 Å². The molecular weight excluding hydrogens is 184 g/mol. The van der Waals surface area contributed by atoms with Gasteiger partial charge in [-0.1, -0.05) is 35.4 Å². The van der Waals surface area contributed by atoms with Crippen molar-refractivity contribution in [3.63, 3.8) is 0 Å². The van der Waals surface area contributed by atoms with E-state index in [4.69, 9.17) is 11.6 Å². The second-order valence-electron chi connectivity index (χ2n) is 3.22. The van der Waals surface area contributed by atoms with E-state index in [0.717, 1.165) is 23.3 Å². The molecule has 0 N–H and O–H groups in total. The molecule has 1 aromatic rings. The van der Waals surface area contributed by atoms with Gasteiger partial charge in [0.25, 0.3) is 0 Å². The third kappa shape index (κ3) is 1.99. The first kappa shape index (κ1) is 8.52. The number of allylic oxidation sites excluding steroid dienone is 1. The minimum absolute atomic E-state index is 0.177. The summed E-state index contributed by atoms with van der Waals surface area (Å²) in [5.41, 5.74) is 2.33. The van der Waals surface area contributed by atoms with Gasteiger partial charge < -0.3 is 4.79 Å². The Morgan fingerprint density at radius 1 is 1.31 bits per heavy atom. The highest BCUT2D eigenvalue weighted by atomic mass is 35.5. The highest BCUT2D eigenvalue weighted by Gasteiger charge is 2.28. The van der Waals surface area contributed by atoms with Gasteiger partial charge >= 0.3 is 0 Å². The molecule has 2 rings (SSSR count). The van der Waals surface area contributed by atoms with Gasteiger partial charge in [-0.3, -0.25) is 0 Å². The molecule has 2 heteroatoms. The largest absolute Gasteiger partial charge is 0.303 e. The summed E-state index contributed by atoms with van der Waals surface area (Å²) >= 11 is 5.74. The summed E-state index contributed by atoms with van der Waals surface area (Å²) < 4.78 is 0. The molecular formula is C11H9ClO. The molecule has 1 aliphatic rings. The number of carbonyl (C=O) groups excluding carboxylic acids is 1.